The molecule has 2 atom stereocenters. The van der Waals surface area contributed by atoms with Gasteiger partial charge in [0.05, 0.1) is 10.2 Å². The molecule has 0 radical (unpaired) electrons. The van der Waals surface area contributed by atoms with E-state index in [0.717, 1.165) is 21.0 Å². The third-order valence-corrected chi connectivity index (χ3v) is 8.01. The van der Waals surface area contributed by atoms with E-state index >= 15 is 0 Å². The van der Waals surface area contributed by atoms with E-state index in [0.29, 0.717) is 12.0 Å². The molecule has 1 fully saturated rings. The Morgan fingerprint density at radius 1 is 1.19 bits per heavy atom. The molecule has 1 aromatic carbocycles. The van der Waals surface area contributed by atoms with Crippen molar-refractivity contribution < 1.29 is 0 Å². The summed E-state index contributed by atoms with van der Waals surface area (Å²) in [5.74, 6) is 0.589. The number of pyridine rings is 1. The predicted molar refractivity (Wildman–Crippen MR) is 117 cm³/mol. The van der Waals surface area contributed by atoms with Crippen LogP contribution >= 0.6 is 22.7 Å². The second kappa shape index (κ2) is 6.55. The Morgan fingerprint density at radius 2 is 2.07 bits per heavy atom. The number of nitrogen functional groups attached to an aromatic ring is 1. The standard InChI is InChI=1S/C21H22N4S2/c1-12-14(4-3-9-25(12)2)19-11-16-15(7-8-23-20(16)27-19)21-24-17-10-13(22)5-6-18(17)26-21/h5-8,10-12,14H,3-4,9,22H2,1-2H3. The van der Waals surface area contributed by atoms with Crippen LogP contribution in [0.25, 0.3) is 31.0 Å². The molecule has 6 heteroatoms. The molecular weight excluding hydrogens is 372 g/mol. The van der Waals surface area contributed by atoms with Gasteiger partial charge in [0.2, 0.25) is 0 Å². The first-order valence-corrected chi connectivity index (χ1v) is 11.0. The summed E-state index contributed by atoms with van der Waals surface area (Å²) in [6.45, 7) is 3.54. The van der Waals surface area contributed by atoms with Crippen LogP contribution in [0.15, 0.2) is 36.5 Å². The number of likely N-dealkylation sites (N-methyl/N-ethyl adjacent to an activating group) is 1. The number of hydrogen-bond donors (Lipinski definition) is 1. The number of thiophene rings is 1. The maximum Gasteiger partial charge on any atom is 0.125 e. The molecule has 2 N–H and O–H groups in total. The zero-order chi connectivity index (χ0) is 18.5. The Balaban J connectivity index is 1.61. The molecule has 0 spiro atoms. The Morgan fingerprint density at radius 3 is 2.96 bits per heavy atom. The second-order valence-electron chi connectivity index (χ2n) is 7.44. The van der Waals surface area contributed by atoms with Crippen molar-refractivity contribution in [3.63, 3.8) is 0 Å². The summed E-state index contributed by atoms with van der Waals surface area (Å²) in [6, 6.07) is 11.0. The number of piperidine rings is 1. The number of aromatic nitrogens is 2. The second-order valence-corrected chi connectivity index (χ2v) is 9.54. The monoisotopic (exact) mass is 394 g/mol. The van der Waals surface area contributed by atoms with Gasteiger partial charge in [0.1, 0.15) is 9.84 Å². The Hall–Kier alpha value is -2.02. The Bertz CT molecular complexity index is 1130. The molecule has 3 aromatic heterocycles. The molecular formula is C21H22N4S2. The number of hydrogen-bond acceptors (Lipinski definition) is 6. The van der Waals surface area contributed by atoms with Crippen LogP contribution in [0.5, 0.6) is 0 Å². The van der Waals surface area contributed by atoms with Crippen LogP contribution in [-0.2, 0) is 0 Å². The lowest BCUT2D eigenvalue weighted by molar-refractivity contribution is 0.176. The van der Waals surface area contributed by atoms with Crippen LogP contribution in [-0.4, -0.2) is 34.5 Å². The summed E-state index contributed by atoms with van der Waals surface area (Å²) < 4.78 is 1.17. The van der Waals surface area contributed by atoms with Gasteiger partial charge in [0, 0.05) is 39.7 Å². The maximum atomic E-state index is 5.92. The van der Waals surface area contributed by atoms with E-state index in [9.17, 15) is 0 Å². The van der Waals surface area contributed by atoms with Gasteiger partial charge < -0.3 is 10.6 Å². The highest BCUT2D eigenvalue weighted by Gasteiger charge is 2.28. The number of nitrogens with zero attached hydrogens (tertiary/aromatic N) is 3. The number of anilines is 1. The smallest absolute Gasteiger partial charge is 0.125 e. The first kappa shape index (κ1) is 17.1. The van der Waals surface area contributed by atoms with Gasteiger partial charge in [0.25, 0.3) is 0 Å². The van der Waals surface area contributed by atoms with Gasteiger partial charge >= 0.3 is 0 Å². The van der Waals surface area contributed by atoms with E-state index in [-0.39, 0.29) is 0 Å². The van der Waals surface area contributed by atoms with E-state index in [4.69, 9.17) is 10.7 Å². The molecule has 4 heterocycles. The molecule has 138 valence electrons. The van der Waals surface area contributed by atoms with Crippen molar-refractivity contribution in [2.75, 3.05) is 19.3 Å². The minimum atomic E-state index is 0.570. The molecule has 0 amide bonds. The molecule has 1 saturated heterocycles. The quantitative estimate of drug-likeness (QED) is 0.466. The topological polar surface area (TPSA) is 55.0 Å². The first-order valence-electron chi connectivity index (χ1n) is 9.35. The average Bonchev–Trinajstić information content (AvgIpc) is 3.27. The van der Waals surface area contributed by atoms with Crippen LogP contribution in [0.4, 0.5) is 5.69 Å². The number of rotatable bonds is 2. The highest BCUT2D eigenvalue weighted by atomic mass is 32.1. The lowest BCUT2D eigenvalue weighted by atomic mass is 9.89. The summed E-state index contributed by atoms with van der Waals surface area (Å²) in [6.07, 6.45) is 4.43. The van der Waals surface area contributed by atoms with Crippen LogP contribution in [0, 0.1) is 0 Å². The number of benzene rings is 1. The van der Waals surface area contributed by atoms with Crippen LogP contribution in [0.2, 0.25) is 0 Å². The molecule has 0 bridgehead atoms. The van der Waals surface area contributed by atoms with Crippen molar-refractivity contribution in [3.8, 4) is 10.6 Å². The van der Waals surface area contributed by atoms with Gasteiger partial charge in [-0.25, -0.2) is 9.97 Å². The van der Waals surface area contributed by atoms with Gasteiger partial charge in [-0.15, -0.1) is 22.7 Å². The van der Waals surface area contributed by atoms with Crippen LogP contribution in [0.3, 0.4) is 0 Å². The fourth-order valence-electron chi connectivity index (χ4n) is 4.08. The minimum absolute atomic E-state index is 0.570. The molecule has 5 rings (SSSR count). The molecule has 27 heavy (non-hydrogen) atoms. The Kier molecular flexibility index (Phi) is 4.15. The molecule has 0 saturated carbocycles. The van der Waals surface area contributed by atoms with Crippen LogP contribution in [0.1, 0.15) is 30.6 Å². The first-order chi connectivity index (χ1) is 13.1. The van der Waals surface area contributed by atoms with E-state index in [2.05, 4.69) is 42.1 Å². The fraction of sp³-hybridized carbons (Fsp3) is 0.333. The SMILES string of the molecule is CC1C(c2cc3c(-c4nc5cc(N)ccc5s4)ccnc3s2)CCCN1C. The summed E-state index contributed by atoms with van der Waals surface area (Å²) >= 11 is 3.57. The third kappa shape index (κ3) is 2.92. The summed E-state index contributed by atoms with van der Waals surface area (Å²) in [7, 11) is 2.24. The summed E-state index contributed by atoms with van der Waals surface area (Å²) in [5.41, 5.74) is 8.83. The molecule has 2 unspecified atom stereocenters. The lowest BCUT2D eigenvalue weighted by Gasteiger charge is -2.36. The fourth-order valence-corrected chi connectivity index (χ4v) is 6.32. The third-order valence-electron chi connectivity index (χ3n) is 5.77. The summed E-state index contributed by atoms with van der Waals surface area (Å²) in [5, 5.41) is 2.27. The highest BCUT2D eigenvalue weighted by molar-refractivity contribution is 7.22. The van der Waals surface area contributed by atoms with Crippen LogP contribution < -0.4 is 5.73 Å². The van der Waals surface area contributed by atoms with Crippen molar-refractivity contribution in [2.24, 2.45) is 0 Å². The molecule has 4 nitrogen and oxygen atoms in total. The average molecular weight is 395 g/mol. The highest BCUT2D eigenvalue weighted by Crippen LogP contribution is 2.41. The van der Waals surface area contributed by atoms with Crippen molar-refractivity contribution in [3.05, 3.63) is 41.4 Å². The van der Waals surface area contributed by atoms with Gasteiger partial charge in [-0.05, 0) is 63.7 Å². The molecule has 1 aliphatic heterocycles. The van der Waals surface area contributed by atoms with E-state index < -0.39 is 0 Å². The van der Waals surface area contributed by atoms with E-state index in [1.165, 1.54) is 39.9 Å². The largest absolute Gasteiger partial charge is 0.399 e. The normalized spacial score (nSPS) is 21.3. The van der Waals surface area contributed by atoms with Crippen molar-refractivity contribution in [1.82, 2.24) is 14.9 Å². The van der Waals surface area contributed by atoms with Crippen molar-refractivity contribution in [2.45, 2.75) is 31.7 Å². The van der Waals surface area contributed by atoms with Gasteiger partial charge in [0.15, 0.2) is 0 Å². The molecule has 0 aliphatic carbocycles. The van der Waals surface area contributed by atoms with Crippen molar-refractivity contribution in [1.29, 1.82) is 0 Å². The zero-order valence-corrected chi connectivity index (χ0v) is 17.1. The van der Waals surface area contributed by atoms with E-state index in [1.54, 1.807) is 11.3 Å². The van der Waals surface area contributed by atoms with Gasteiger partial charge in [-0.2, -0.15) is 0 Å². The zero-order valence-electron chi connectivity index (χ0n) is 15.5. The van der Waals surface area contributed by atoms with Gasteiger partial charge in [-0.3, -0.25) is 0 Å². The van der Waals surface area contributed by atoms with Gasteiger partial charge in [-0.1, -0.05) is 0 Å². The molecule has 1 aliphatic rings. The van der Waals surface area contributed by atoms with E-state index in [1.807, 2.05) is 29.7 Å². The molecule has 4 aromatic rings. The number of likely N-dealkylation sites (tertiary alicyclic amines) is 1. The predicted octanol–water partition coefficient (Wildman–Crippen LogP) is 5.35. The maximum absolute atomic E-state index is 5.92. The lowest BCUT2D eigenvalue weighted by Crippen LogP contribution is -2.38. The summed E-state index contributed by atoms with van der Waals surface area (Å²) in [4.78, 5) is 14.5. The Labute approximate surface area is 166 Å². The number of fused-ring (bicyclic) bond motifs is 2. The minimum Gasteiger partial charge on any atom is -0.399 e. The number of nitrogens with two attached hydrogens (primary N) is 1. The number of thiazole rings is 1. The van der Waals surface area contributed by atoms with Crippen molar-refractivity contribution >= 4 is 48.8 Å².